The standard InChI is InChI=1S/C20H23N3O2S/c1-14(26-17-10-8-16(25-3)9-11-17)20(24)21-12-13-23-15(2)22-18-6-4-5-7-19(18)23/h4-11,14H,12-13H2,1-3H3,(H,21,24). The van der Waals surface area contributed by atoms with E-state index in [1.807, 2.05) is 56.3 Å². The van der Waals surface area contributed by atoms with Crippen LogP contribution in [0.1, 0.15) is 12.7 Å². The lowest BCUT2D eigenvalue weighted by atomic mass is 10.3. The Labute approximate surface area is 157 Å². The lowest BCUT2D eigenvalue weighted by molar-refractivity contribution is -0.120. The highest BCUT2D eigenvalue weighted by atomic mass is 32.2. The van der Waals surface area contributed by atoms with Crippen LogP contribution in [-0.2, 0) is 11.3 Å². The van der Waals surface area contributed by atoms with Gasteiger partial charge in [0.05, 0.1) is 23.4 Å². The number of methoxy groups -OCH3 is 1. The summed E-state index contributed by atoms with van der Waals surface area (Å²) in [5.74, 6) is 1.81. The maximum absolute atomic E-state index is 12.4. The van der Waals surface area contributed by atoms with Crippen LogP contribution < -0.4 is 10.1 Å². The van der Waals surface area contributed by atoms with Crippen LogP contribution in [0.5, 0.6) is 5.75 Å². The van der Waals surface area contributed by atoms with E-state index in [1.54, 1.807) is 7.11 Å². The average Bonchev–Trinajstić information content (AvgIpc) is 2.97. The number of nitrogens with zero attached hydrogens (tertiary/aromatic N) is 2. The molecule has 0 aliphatic carbocycles. The molecule has 1 atom stereocenters. The van der Waals surface area contributed by atoms with Gasteiger partial charge in [0.1, 0.15) is 11.6 Å². The molecule has 3 aromatic rings. The largest absolute Gasteiger partial charge is 0.497 e. The summed E-state index contributed by atoms with van der Waals surface area (Å²) in [7, 11) is 1.64. The minimum Gasteiger partial charge on any atom is -0.497 e. The van der Waals surface area contributed by atoms with Crippen molar-refractivity contribution in [2.45, 2.75) is 30.5 Å². The summed E-state index contributed by atoms with van der Waals surface area (Å²) in [6.07, 6.45) is 0. The van der Waals surface area contributed by atoms with Crippen LogP contribution in [-0.4, -0.2) is 34.4 Å². The van der Waals surface area contributed by atoms with Crippen molar-refractivity contribution in [1.29, 1.82) is 0 Å². The van der Waals surface area contributed by atoms with Crippen molar-refractivity contribution in [2.75, 3.05) is 13.7 Å². The zero-order valence-electron chi connectivity index (χ0n) is 15.2. The van der Waals surface area contributed by atoms with E-state index in [0.717, 1.165) is 27.5 Å². The Morgan fingerprint density at radius 1 is 1.23 bits per heavy atom. The summed E-state index contributed by atoms with van der Waals surface area (Å²) in [6.45, 7) is 5.19. The third-order valence-electron chi connectivity index (χ3n) is 4.22. The number of nitrogens with one attached hydrogen (secondary N) is 1. The van der Waals surface area contributed by atoms with Crippen molar-refractivity contribution >= 4 is 28.7 Å². The van der Waals surface area contributed by atoms with Crippen LogP contribution in [0.25, 0.3) is 11.0 Å². The highest BCUT2D eigenvalue weighted by Gasteiger charge is 2.14. The van der Waals surface area contributed by atoms with Crippen molar-refractivity contribution in [1.82, 2.24) is 14.9 Å². The minimum atomic E-state index is -0.163. The molecule has 0 saturated carbocycles. The summed E-state index contributed by atoms with van der Waals surface area (Å²) < 4.78 is 7.29. The number of aryl methyl sites for hydroxylation is 1. The van der Waals surface area contributed by atoms with Gasteiger partial charge in [-0.3, -0.25) is 4.79 Å². The zero-order chi connectivity index (χ0) is 18.5. The number of imidazole rings is 1. The van der Waals surface area contributed by atoms with E-state index in [0.29, 0.717) is 13.1 Å². The Balaban J connectivity index is 1.53. The van der Waals surface area contributed by atoms with Crippen LogP contribution in [0.4, 0.5) is 0 Å². The number of aromatic nitrogens is 2. The number of amides is 1. The van der Waals surface area contributed by atoms with Gasteiger partial charge < -0.3 is 14.6 Å². The molecular formula is C20H23N3O2S. The molecule has 1 amide bonds. The fourth-order valence-corrected chi connectivity index (χ4v) is 3.72. The van der Waals surface area contributed by atoms with Crippen molar-refractivity contribution in [3.05, 3.63) is 54.4 Å². The SMILES string of the molecule is COc1ccc(SC(C)C(=O)NCCn2c(C)nc3ccccc32)cc1. The first-order valence-electron chi connectivity index (χ1n) is 8.59. The van der Waals surface area contributed by atoms with E-state index in [9.17, 15) is 4.79 Å². The number of carbonyl (C=O) groups is 1. The number of thioether (sulfide) groups is 1. The molecule has 0 saturated heterocycles. The summed E-state index contributed by atoms with van der Waals surface area (Å²) in [5.41, 5.74) is 2.08. The third-order valence-corrected chi connectivity index (χ3v) is 5.33. The van der Waals surface area contributed by atoms with Crippen LogP contribution in [0.15, 0.2) is 53.4 Å². The van der Waals surface area contributed by atoms with E-state index in [1.165, 1.54) is 11.8 Å². The topological polar surface area (TPSA) is 56.1 Å². The van der Waals surface area contributed by atoms with E-state index in [4.69, 9.17) is 4.74 Å². The third kappa shape index (κ3) is 4.19. The number of rotatable bonds is 7. The first-order chi connectivity index (χ1) is 12.6. The molecule has 136 valence electrons. The van der Waals surface area contributed by atoms with E-state index >= 15 is 0 Å². The summed E-state index contributed by atoms with van der Waals surface area (Å²) >= 11 is 1.54. The molecule has 0 spiro atoms. The number of ether oxygens (including phenoxy) is 1. The lowest BCUT2D eigenvalue weighted by Crippen LogP contribution is -2.33. The molecule has 0 bridgehead atoms. The van der Waals surface area contributed by atoms with Gasteiger partial charge in [-0.1, -0.05) is 12.1 Å². The number of carbonyl (C=O) groups excluding carboxylic acids is 1. The summed E-state index contributed by atoms with van der Waals surface area (Å²) in [4.78, 5) is 18.0. The van der Waals surface area contributed by atoms with Gasteiger partial charge in [-0.05, 0) is 50.2 Å². The van der Waals surface area contributed by atoms with Crippen molar-refractivity contribution in [2.24, 2.45) is 0 Å². The van der Waals surface area contributed by atoms with Gasteiger partial charge in [-0.15, -0.1) is 11.8 Å². The molecule has 6 heteroatoms. The van der Waals surface area contributed by atoms with Crippen LogP contribution in [0.3, 0.4) is 0 Å². The lowest BCUT2D eigenvalue weighted by Gasteiger charge is -2.13. The van der Waals surface area contributed by atoms with Crippen molar-refractivity contribution in [3.8, 4) is 5.75 Å². The van der Waals surface area contributed by atoms with Gasteiger partial charge in [0.25, 0.3) is 0 Å². The number of para-hydroxylation sites is 2. The summed E-state index contributed by atoms with van der Waals surface area (Å²) in [5, 5.41) is 2.86. The fraction of sp³-hybridized carbons (Fsp3) is 0.300. The normalized spacial score (nSPS) is 12.1. The van der Waals surface area contributed by atoms with Gasteiger partial charge in [0.15, 0.2) is 0 Å². The fourth-order valence-electron chi connectivity index (χ4n) is 2.82. The second kappa shape index (κ2) is 8.27. The highest BCUT2D eigenvalue weighted by Crippen LogP contribution is 2.25. The first kappa shape index (κ1) is 18.3. The van der Waals surface area contributed by atoms with E-state index < -0.39 is 0 Å². The Kier molecular flexibility index (Phi) is 5.83. The predicted octanol–water partition coefficient (Wildman–Crippen LogP) is 3.65. The van der Waals surface area contributed by atoms with Gasteiger partial charge in [0.2, 0.25) is 5.91 Å². The van der Waals surface area contributed by atoms with Gasteiger partial charge in [-0.2, -0.15) is 0 Å². The Morgan fingerprint density at radius 2 is 1.96 bits per heavy atom. The molecule has 0 aliphatic rings. The maximum atomic E-state index is 12.4. The average molecular weight is 369 g/mol. The monoisotopic (exact) mass is 369 g/mol. The molecule has 1 unspecified atom stereocenters. The van der Waals surface area contributed by atoms with Gasteiger partial charge >= 0.3 is 0 Å². The molecule has 1 heterocycles. The smallest absolute Gasteiger partial charge is 0.233 e. The number of fused-ring (bicyclic) bond motifs is 1. The number of hydrogen-bond donors (Lipinski definition) is 1. The second-order valence-corrected chi connectivity index (χ2v) is 7.44. The van der Waals surface area contributed by atoms with Crippen LogP contribution >= 0.6 is 11.8 Å². The first-order valence-corrected chi connectivity index (χ1v) is 9.46. The Hall–Kier alpha value is -2.47. The van der Waals surface area contributed by atoms with Crippen LogP contribution in [0.2, 0.25) is 0 Å². The van der Waals surface area contributed by atoms with E-state index in [2.05, 4.69) is 20.9 Å². The van der Waals surface area contributed by atoms with Crippen LogP contribution in [0, 0.1) is 6.92 Å². The minimum absolute atomic E-state index is 0.0351. The number of benzene rings is 2. The molecule has 0 radical (unpaired) electrons. The van der Waals surface area contributed by atoms with Gasteiger partial charge in [0, 0.05) is 18.0 Å². The molecule has 5 nitrogen and oxygen atoms in total. The molecular weight excluding hydrogens is 346 g/mol. The zero-order valence-corrected chi connectivity index (χ0v) is 16.0. The highest BCUT2D eigenvalue weighted by molar-refractivity contribution is 8.00. The molecule has 26 heavy (non-hydrogen) atoms. The quantitative estimate of drug-likeness (QED) is 0.646. The number of hydrogen-bond acceptors (Lipinski definition) is 4. The van der Waals surface area contributed by atoms with Crippen molar-refractivity contribution in [3.63, 3.8) is 0 Å². The second-order valence-electron chi connectivity index (χ2n) is 6.03. The molecule has 0 aliphatic heterocycles. The molecule has 1 N–H and O–H groups in total. The Bertz CT molecular complexity index is 890. The molecule has 0 fully saturated rings. The van der Waals surface area contributed by atoms with Crippen molar-refractivity contribution < 1.29 is 9.53 Å². The van der Waals surface area contributed by atoms with Gasteiger partial charge in [-0.25, -0.2) is 4.98 Å². The molecule has 2 aromatic carbocycles. The predicted molar refractivity (Wildman–Crippen MR) is 106 cm³/mol. The summed E-state index contributed by atoms with van der Waals surface area (Å²) in [6, 6.07) is 15.8. The van der Waals surface area contributed by atoms with E-state index in [-0.39, 0.29) is 11.2 Å². The molecule has 1 aromatic heterocycles. The molecule has 3 rings (SSSR count). The maximum Gasteiger partial charge on any atom is 0.233 e. The Morgan fingerprint density at radius 3 is 2.69 bits per heavy atom.